The number of nitrogens with zero attached hydrogens (tertiary/aromatic N) is 3. The maximum Gasteiger partial charge on any atom is 0.274 e. The van der Waals surface area contributed by atoms with Crippen LogP contribution in [0.15, 0.2) is 12.4 Å². The molecule has 2 N–H and O–H groups in total. The molecule has 1 atom stereocenters. The summed E-state index contributed by atoms with van der Waals surface area (Å²) in [7, 11) is 0. The molecule has 6 nitrogen and oxygen atoms in total. The van der Waals surface area contributed by atoms with Crippen LogP contribution in [0, 0.1) is 0 Å². The van der Waals surface area contributed by atoms with Gasteiger partial charge in [0.25, 0.3) is 5.91 Å². The second kappa shape index (κ2) is 5.09. The fourth-order valence-corrected chi connectivity index (χ4v) is 1.79. The fraction of sp³-hybridized carbons (Fsp3) is 0.545. The molecule has 2 rings (SSSR count). The van der Waals surface area contributed by atoms with Gasteiger partial charge in [0, 0.05) is 19.7 Å². The summed E-state index contributed by atoms with van der Waals surface area (Å²) in [5, 5.41) is 0. The van der Waals surface area contributed by atoms with Crippen LogP contribution < -0.4 is 5.73 Å². The van der Waals surface area contributed by atoms with Crippen LogP contribution >= 0.6 is 0 Å². The van der Waals surface area contributed by atoms with Crippen molar-refractivity contribution in [2.75, 3.05) is 25.4 Å². The van der Waals surface area contributed by atoms with Gasteiger partial charge in [0.2, 0.25) is 0 Å². The molecule has 1 aromatic rings. The Morgan fingerprint density at radius 1 is 1.53 bits per heavy atom. The third kappa shape index (κ3) is 2.91. The minimum atomic E-state index is -0.116. The largest absolute Gasteiger partial charge is 0.382 e. The van der Waals surface area contributed by atoms with Crippen molar-refractivity contribution >= 4 is 11.7 Å². The third-order valence-electron chi connectivity index (χ3n) is 2.63. The molecule has 0 saturated carbocycles. The number of nitrogen functional groups attached to an aromatic ring is 1. The monoisotopic (exact) mass is 236 g/mol. The normalized spacial score (nSPS) is 21.0. The Morgan fingerprint density at radius 3 is 3.06 bits per heavy atom. The molecule has 0 aromatic carbocycles. The van der Waals surface area contributed by atoms with Crippen molar-refractivity contribution in [1.82, 2.24) is 14.9 Å². The molecule has 0 spiro atoms. The van der Waals surface area contributed by atoms with Crippen molar-refractivity contribution in [3.8, 4) is 0 Å². The summed E-state index contributed by atoms with van der Waals surface area (Å²) in [6.07, 6.45) is 3.71. The van der Waals surface area contributed by atoms with Crippen LogP contribution in [0.25, 0.3) is 0 Å². The van der Waals surface area contributed by atoms with Gasteiger partial charge in [0.1, 0.15) is 11.5 Å². The Bertz CT molecular complexity index is 393. The van der Waals surface area contributed by atoms with Crippen molar-refractivity contribution in [3.63, 3.8) is 0 Å². The molecule has 17 heavy (non-hydrogen) atoms. The van der Waals surface area contributed by atoms with E-state index in [0.29, 0.717) is 31.2 Å². The van der Waals surface area contributed by atoms with E-state index in [0.717, 1.165) is 6.42 Å². The number of amides is 1. The number of anilines is 1. The number of carbonyl (C=O) groups excluding carboxylic acids is 1. The minimum absolute atomic E-state index is 0.0585. The van der Waals surface area contributed by atoms with E-state index in [1.165, 1.54) is 12.4 Å². The Labute approximate surface area is 99.8 Å². The summed E-state index contributed by atoms with van der Waals surface area (Å²) in [5.74, 6) is 0.198. The van der Waals surface area contributed by atoms with Crippen LogP contribution in [0.2, 0.25) is 0 Å². The number of ether oxygens (including phenoxy) is 1. The summed E-state index contributed by atoms with van der Waals surface area (Å²) < 4.78 is 5.49. The van der Waals surface area contributed by atoms with Crippen molar-refractivity contribution in [2.45, 2.75) is 19.4 Å². The first-order valence-corrected chi connectivity index (χ1v) is 5.65. The van der Waals surface area contributed by atoms with E-state index in [4.69, 9.17) is 10.5 Å². The Hall–Kier alpha value is -1.69. The van der Waals surface area contributed by atoms with Crippen LogP contribution in [0.1, 0.15) is 23.8 Å². The van der Waals surface area contributed by atoms with Gasteiger partial charge in [-0.1, -0.05) is 0 Å². The van der Waals surface area contributed by atoms with Crippen molar-refractivity contribution in [1.29, 1.82) is 0 Å². The summed E-state index contributed by atoms with van der Waals surface area (Å²) in [6.45, 7) is 3.93. The quantitative estimate of drug-likeness (QED) is 0.759. The van der Waals surface area contributed by atoms with Gasteiger partial charge in [0.15, 0.2) is 0 Å². The zero-order valence-corrected chi connectivity index (χ0v) is 9.80. The third-order valence-corrected chi connectivity index (χ3v) is 2.63. The van der Waals surface area contributed by atoms with Crippen LogP contribution in [-0.4, -0.2) is 46.6 Å². The molecule has 1 aliphatic rings. The average molecular weight is 236 g/mol. The predicted octanol–water partition coefficient (Wildman–Crippen LogP) is 0.310. The summed E-state index contributed by atoms with van der Waals surface area (Å²) in [4.78, 5) is 21.7. The number of hydrogen-bond acceptors (Lipinski definition) is 5. The second-order valence-electron chi connectivity index (χ2n) is 4.11. The molecule has 92 valence electrons. The maximum atomic E-state index is 12.1. The van der Waals surface area contributed by atoms with Gasteiger partial charge in [-0.15, -0.1) is 0 Å². The van der Waals surface area contributed by atoms with Crippen molar-refractivity contribution in [2.24, 2.45) is 0 Å². The molecule has 1 unspecified atom stereocenters. The molecule has 1 saturated heterocycles. The Kier molecular flexibility index (Phi) is 3.53. The lowest BCUT2D eigenvalue weighted by atomic mass is 10.3. The van der Waals surface area contributed by atoms with E-state index < -0.39 is 0 Å². The topological polar surface area (TPSA) is 81.3 Å². The SMILES string of the molecule is CC1CN(C(=O)c2cnc(N)cn2)CCCO1. The van der Waals surface area contributed by atoms with Gasteiger partial charge in [-0.2, -0.15) is 0 Å². The first-order valence-electron chi connectivity index (χ1n) is 5.65. The van der Waals surface area contributed by atoms with Crippen molar-refractivity contribution < 1.29 is 9.53 Å². The van der Waals surface area contributed by atoms with E-state index in [1.807, 2.05) is 6.92 Å². The Balaban J connectivity index is 2.10. The highest BCUT2D eigenvalue weighted by molar-refractivity contribution is 5.92. The first-order chi connectivity index (χ1) is 8.16. The number of hydrogen-bond donors (Lipinski definition) is 1. The first kappa shape index (κ1) is 11.8. The zero-order valence-electron chi connectivity index (χ0n) is 9.80. The number of nitrogens with two attached hydrogens (primary N) is 1. The van der Waals surface area contributed by atoms with Crippen LogP contribution in [0.3, 0.4) is 0 Å². The van der Waals surface area contributed by atoms with E-state index in [1.54, 1.807) is 4.90 Å². The molecule has 6 heteroatoms. The fourth-order valence-electron chi connectivity index (χ4n) is 1.79. The lowest BCUT2D eigenvalue weighted by Gasteiger charge is -2.21. The minimum Gasteiger partial charge on any atom is -0.382 e. The van der Waals surface area contributed by atoms with Gasteiger partial charge in [-0.05, 0) is 13.3 Å². The van der Waals surface area contributed by atoms with Crippen molar-refractivity contribution in [3.05, 3.63) is 18.1 Å². The molecule has 1 aliphatic heterocycles. The van der Waals surface area contributed by atoms with Gasteiger partial charge in [0.05, 0.1) is 18.5 Å². The standard InChI is InChI=1S/C11H16N4O2/c1-8-7-15(3-2-4-17-8)11(16)9-5-14-10(12)6-13-9/h5-6,8H,2-4,7H2,1H3,(H2,12,14). The molecule has 2 heterocycles. The van der Waals surface area contributed by atoms with Gasteiger partial charge in [-0.3, -0.25) is 4.79 Å². The lowest BCUT2D eigenvalue weighted by Crippen LogP contribution is -2.36. The van der Waals surface area contributed by atoms with Crippen LogP contribution in [0.5, 0.6) is 0 Å². The van der Waals surface area contributed by atoms with Gasteiger partial charge in [-0.25, -0.2) is 9.97 Å². The highest BCUT2D eigenvalue weighted by Gasteiger charge is 2.21. The zero-order chi connectivity index (χ0) is 12.3. The number of aromatic nitrogens is 2. The number of carbonyl (C=O) groups is 1. The van der Waals surface area contributed by atoms with Gasteiger partial charge >= 0.3 is 0 Å². The van der Waals surface area contributed by atoms with E-state index in [9.17, 15) is 4.79 Å². The molecular weight excluding hydrogens is 220 g/mol. The number of rotatable bonds is 1. The molecule has 1 fully saturated rings. The summed E-state index contributed by atoms with van der Waals surface area (Å²) in [5.41, 5.74) is 5.76. The molecule has 0 aliphatic carbocycles. The molecular formula is C11H16N4O2. The smallest absolute Gasteiger partial charge is 0.274 e. The highest BCUT2D eigenvalue weighted by atomic mass is 16.5. The molecule has 0 bridgehead atoms. The summed E-state index contributed by atoms with van der Waals surface area (Å²) >= 11 is 0. The Morgan fingerprint density at radius 2 is 2.35 bits per heavy atom. The van der Waals surface area contributed by atoms with E-state index >= 15 is 0 Å². The lowest BCUT2D eigenvalue weighted by molar-refractivity contribution is 0.0559. The van der Waals surface area contributed by atoms with Gasteiger partial charge < -0.3 is 15.4 Å². The van der Waals surface area contributed by atoms with Crippen LogP contribution in [0.4, 0.5) is 5.82 Å². The molecule has 1 amide bonds. The predicted molar refractivity (Wildman–Crippen MR) is 62.4 cm³/mol. The average Bonchev–Trinajstić information content (AvgIpc) is 2.54. The van der Waals surface area contributed by atoms with E-state index in [2.05, 4.69) is 9.97 Å². The van der Waals surface area contributed by atoms with Crippen LogP contribution in [-0.2, 0) is 4.74 Å². The highest BCUT2D eigenvalue weighted by Crippen LogP contribution is 2.09. The molecule has 0 radical (unpaired) electrons. The molecule has 1 aromatic heterocycles. The summed E-state index contributed by atoms with van der Waals surface area (Å²) in [6, 6.07) is 0. The van der Waals surface area contributed by atoms with E-state index in [-0.39, 0.29) is 12.0 Å². The maximum absolute atomic E-state index is 12.1. The second-order valence-corrected chi connectivity index (χ2v) is 4.11.